The maximum atomic E-state index is 10.0. The summed E-state index contributed by atoms with van der Waals surface area (Å²) in [6.07, 6.45) is -0.620. The Bertz CT molecular complexity index is 1030. The monoisotopic (exact) mass is 416 g/mol. The second-order valence-corrected chi connectivity index (χ2v) is 7.56. The molecule has 2 N–H and O–H groups in total. The Kier molecular flexibility index (Phi) is 5.15. The van der Waals surface area contributed by atoms with E-state index in [4.69, 9.17) is 21.1 Å². The number of methoxy groups -OCH3 is 1. The van der Waals surface area contributed by atoms with Gasteiger partial charge in [0, 0.05) is 16.8 Å². The molecule has 0 amide bonds. The van der Waals surface area contributed by atoms with Gasteiger partial charge in [0.05, 0.1) is 12.1 Å². The van der Waals surface area contributed by atoms with E-state index in [1.807, 2.05) is 31.2 Å². The molecule has 7 nitrogen and oxygen atoms in total. The number of hydrogen-bond acceptors (Lipinski definition) is 8. The number of aromatic nitrogens is 3. The Morgan fingerprint density at radius 3 is 2.89 bits per heavy atom. The first-order valence-electron chi connectivity index (χ1n) is 8.57. The van der Waals surface area contributed by atoms with Crippen molar-refractivity contribution in [3.63, 3.8) is 0 Å². The molecule has 0 fully saturated rings. The SMILES string of the molecule is CCSc1nnc2c(n1)OC(c1cc(Cl)c(O)c(OC)c1)Nc1ccccc1-2. The number of fused-ring (bicyclic) bond motifs is 3. The highest BCUT2D eigenvalue weighted by Gasteiger charge is 2.27. The summed E-state index contributed by atoms with van der Waals surface area (Å²) >= 11 is 7.65. The number of benzene rings is 2. The summed E-state index contributed by atoms with van der Waals surface area (Å²) in [7, 11) is 1.46. The molecule has 0 saturated carbocycles. The number of thioether (sulfide) groups is 1. The lowest BCUT2D eigenvalue weighted by atomic mass is 10.1. The first kappa shape index (κ1) is 18.6. The second-order valence-electron chi connectivity index (χ2n) is 5.92. The molecule has 1 aliphatic rings. The van der Waals surface area contributed by atoms with Crippen molar-refractivity contribution in [3.05, 3.63) is 47.0 Å². The van der Waals surface area contributed by atoms with Gasteiger partial charge in [0.15, 0.2) is 23.4 Å². The van der Waals surface area contributed by atoms with Crippen LogP contribution in [0.25, 0.3) is 11.3 Å². The topological polar surface area (TPSA) is 89.4 Å². The van der Waals surface area contributed by atoms with Crippen molar-refractivity contribution in [2.24, 2.45) is 0 Å². The van der Waals surface area contributed by atoms with Crippen LogP contribution >= 0.6 is 23.4 Å². The van der Waals surface area contributed by atoms with Gasteiger partial charge in [0.25, 0.3) is 0 Å². The fourth-order valence-corrected chi connectivity index (χ4v) is 3.61. The Hall–Kier alpha value is -2.71. The van der Waals surface area contributed by atoms with Crippen LogP contribution in [0.3, 0.4) is 0 Å². The molecular formula is C19H17ClN4O3S. The predicted octanol–water partition coefficient (Wildman–Crippen LogP) is 4.52. The van der Waals surface area contributed by atoms with Crippen LogP contribution in [-0.4, -0.2) is 33.2 Å². The van der Waals surface area contributed by atoms with Crippen molar-refractivity contribution in [3.8, 4) is 28.6 Å². The third-order valence-electron chi connectivity index (χ3n) is 4.18. The van der Waals surface area contributed by atoms with Crippen LogP contribution in [0.1, 0.15) is 18.7 Å². The van der Waals surface area contributed by atoms with E-state index in [0.717, 1.165) is 17.0 Å². The highest BCUT2D eigenvalue weighted by atomic mass is 35.5. The minimum atomic E-state index is -0.620. The van der Waals surface area contributed by atoms with Crippen LogP contribution in [0, 0.1) is 0 Å². The van der Waals surface area contributed by atoms with Gasteiger partial charge in [-0.05, 0) is 24.0 Å². The van der Waals surface area contributed by atoms with E-state index in [1.165, 1.54) is 18.9 Å². The zero-order valence-electron chi connectivity index (χ0n) is 15.1. The quantitative estimate of drug-likeness (QED) is 0.600. The van der Waals surface area contributed by atoms with E-state index in [-0.39, 0.29) is 16.5 Å². The molecule has 1 unspecified atom stereocenters. The van der Waals surface area contributed by atoms with Crippen LogP contribution in [0.2, 0.25) is 5.02 Å². The number of phenolic OH excluding ortho intramolecular Hbond substituents is 1. The third kappa shape index (κ3) is 3.41. The number of nitrogens with zero attached hydrogens (tertiary/aromatic N) is 3. The van der Waals surface area contributed by atoms with Gasteiger partial charge in [0.2, 0.25) is 11.0 Å². The summed E-state index contributed by atoms with van der Waals surface area (Å²) in [4.78, 5) is 4.53. The van der Waals surface area contributed by atoms with Crippen molar-refractivity contribution in [1.82, 2.24) is 15.2 Å². The van der Waals surface area contributed by atoms with Gasteiger partial charge in [-0.2, -0.15) is 4.98 Å². The molecule has 1 aliphatic heterocycles. The number of aromatic hydroxyl groups is 1. The van der Waals surface area contributed by atoms with Gasteiger partial charge < -0.3 is 19.9 Å². The molecule has 144 valence electrons. The smallest absolute Gasteiger partial charge is 0.247 e. The molecule has 1 atom stereocenters. The highest BCUT2D eigenvalue weighted by Crippen LogP contribution is 2.42. The molecule has 0 saturated heterocycles. The van der Waals surface area contributed by atoms with Crippen LogP contribution < -0.4 is 14.8 Å². The molecule has 4 rings (SSSR count). The Balaban J connectivity index is 1.84. The van der Waals surface area contributed by atoms with Crippen LogP contribution in [0.4, 0.5) is 5.69 Å². The van der Waals surface area contributed by atoms with E-state index >= 15 is 0 Å². The fourth-order valence-electron chi connectivity index (χ4n) is 2.89. The van der Waals surface area contributed by atoms with Crippen LogP contribution in [-0.2, 0) is 0 Å². The van der Waals surface area contributed by atoms with Gasteiger partial charge >= 0.3 is 0 Å². The van der Waals surface area contributed by atoms with Gasteiger partial charge in [-0.1, -0.05) is 48.5 Å². The normalized spacial score (nSPS) is 14.9. The first-order chi connectivity index (χ1) is 13.6. The van der Waals surface area contributed by atoms with E-state index in [0.29, 0.717) is 22.3 Å². The van der Waals surface area contributed by atoms with Crippen LogP contribution in [0.5, 0.6) is 17.4 Å². The van der Waals surface area contributed by atoms with E-state index in [2.05, 4.69) is 20.5 Å². The molecule has 9 heteroatoms. The maximum absolute atomic E-state index is 10.0. The van der Waals surface area contributed by atoms with Crippen molar-refractivity contribution < 1.29 is 14.6 Å². The van der Waals surface area contributed by atoms with Gasteiger partial charge in [-0.25, -0.2) is 0 Å². The summed E-state index contributed by atoms with van der Waals surface area (Å²) in [5.41, 5.74) is 2.89. The molecular weight excluding hydrogens is 400 g/mol. The largest absolute Gasteiger partial charge is 0.503 e. The summed E-state index contributed by atoms with van der Waals surface area (Å²) < 4.78 is 11.4. The molecule has 0 radical (unpaired) electrons. The first-order valence-corrected chi connectivity index (χ1v) is 9.93. The molecule has 2 aromatic carbocycles. The van der Waals surface area contributed by atoms with Gasteiger partial charge in [0.1, 0.15) is 0 Å². The number of para-hydroxylation sites is 1. The number of rotatable bonds is 4. The van der Waals surface area contributed by atoms with Crippen LogP contribution in [0.15, 0.2) is 41.6 Å². The van der Waals surface area contributed by atoms with E-state index in [9.17, 15) is 5.11 Å². The summed E-state index contributed by atoms with van der Waals surface area (Å²) in [5, 5.41) is 22.6. The van der Waals surface area contributed by atoms with Gasteiger partial charge in [-0.3, -0.25) is 0 Å². The molecule has 1 aromatic heterocycles. The number of halogens is 1. The molecule has 0 bridgehead atoms. The zero-order valence-corrected chi connectivity index (χ0v) is 16.7. The van der Waals surface area contributed by atoms with Gasteiger partial charge in [-0.15, -0.1) is 10.2 Å². The van der Waals surface area contributed by atoms with Crippen molar-refractivity contribution >= 4 is 29.1 Å². The number of phenols is 1. The predicted molar refractivity (Wildman–Crippen MR) is 108 cm³/mol. The zero-order chi connectivity index (χ0) is 19.7. The lowest BCUT2D eigenvalue weighted by molar-refractivity contribution is 0.224. The number of ether oxygens (including phenoxy) is 2. The number of nitrogens with one attached hydrogen (secondary N) is 1. The maximum Gasteiger partial charge on any atom is 0.247 e. The van der Waals surface area contributed by atoms with Crippen molar-refractivity contribution in [2.75, 3.05) is 18.2 Å². The fraction of sp³-hybridized carbons (Fsp3) is 0.211. The standard InChI is InChI=1S/C19H17ClN4O3S/c1-3-28-19-22-18-15(23-24-19)11-6-4-5-7-13(11)21-17(27-18)10-8-12(20)16(25)14(9-10)26-2/h4-9,17,21,25H,3H2,1-2H3. The van der Waals surface area contributed by atoms with Crippen molar-refractivity contribution in [1.29, 1.82) is 0 Å². The second kappa shape index (κ2) is 7.73. The summed E-state index contributed by atoms with van der Waals surface area (Å²) in [6, 6.07) is 11.0. The molecule has 2 heterocycles. The van der Waals surface area contributed by atoms with E-state index < -0.39 is 6.23 Å². The molecule has 0 aliphatic carbocycles. The van der Waals surface area contributed by atoms with E-state index in [1.54, 1.807) is 12.1 Å². The minimum Gasteiger partial charge on any atom is -0.503 e. The Morgan fingerprint density at radius 1 is 1.29 bits per heavy atom. The Labute approximate surface area is 171 Å². The minimum absolute atomic E-state index is 0.118. The number of anilines is 1. The molecule has 3 aromatic rings. The molecule has 0 spiro atoms. The number of hydrogen-bond donors (Lipinski definition) is 2. The lowest BCUT2D eigenvalue weighted by Gasteiger charge is -2.20. The molecule has 28 heavy (non-hydrogen) atoms. The van der Waals surface area contributed by atoms with Crippen molar-refractivity contribution in [2.45, 2.75) is 18.3 Å². The average molecular weight is 417 g/mol. The average Bonchev–Trinajstić information content (AvgIpc) is 2.86. The Morgan fingerprint density at radius 2 is 2.11 bits per heavy atom. The third-order valence-corrected chi connectivity index (χ3v) is 5.19. The highest BCUT2D eigenvalue weighted by molar-refractivity contribution is 7.99. The summed E-state index contributed by atoms with van der Waals surface area (Å²) in [6.45, 7) is 2.02. The summed E-state index contributed by atoms with van der Waals surface area (Å²) in [5.74, 6) is 1.34. The lowest BCUT2D eigenvalue weighted by Crippen LogP contribution is -2.17.